The number of benzene rings is 1. The summed E-state index contributed by atoms with van der Waals surface area (Å²) < 4.78 is 0. The Balaban J connectivity index is 2.86. The van der Waals surface area contributed by atoms with E-state index in [9.17, 15) is 4.79 Å². The molecule has 0 spiro atoms. The molecule has 0 fully saturated rings. The van der Waals surface area contributed by atoms with Gasteiger partial charge in [-0.15, -0.1) is 0 Å². The Morgan fingerprint density at radius 2 is 1.89 bits per heavy atom. The molecule has 3 heteroatoms. The molecule has 0 atom stereocenters. The first-order chi connectivity index (χ1) is 8.75. The molecule has 2 N–H and O–H groups in total. The number of nitrogens with two attached hydrogens (primary N) is 1. The van der Waals surface area contributed by atoms with E-state index in [1.54, 1.807) is 6.92 Å². The first-order valence-electron chi connectivity index (χ1n) is 6.43. The number of allylic oxidation sites excluding steroid dienone is 1. The quantitative estimate of drug-likeness (QED) is 0.837. The van der Waals surface area contributed by atoms with Gasteiger partial charge in [0.1, 0.15) is 5.84 Å². The summed E-state index contributed by atoms with van der Waals surface area (Å²) in [4.78, 5) is 16.6. The number of carbonyl (C=O) groups is 1. The molecule has 1 aliphatic rings. The van der Waals surface area contributed by atoms with E-state index in [1.165, 1.54) is 0 Å². The normalized spacial score (nSPS) is 17.6. The smallest absolute Gasteiger partial charge is 0.157 e. The van der Waals surface area contributed by atoms with Gasteiger partial charge in [0.25, 0.3) is 0 Å². The Bertz CT molecular complexity index is 622. The molecule has 0 aromatic heterocycles. The maximum absolute atomic E-state index is 12.0. The molecule has 1 aliphatic heterocycles. The van der Waals surface area contributed by atoms with Gasteiger partial charge >= 0.3 is 0 Å². The van der Waals surface area contributed by atoms with Gasteiger partial charge in [-0.3, -0.25) is 4.79 Å². The molecule has 19 heavy (non-hydrogen) atoms. The lowest BCUT2D eigenvalue weighted by Crippen LogP contribution is -2.35. The van der Waals surface area contributed by atoms with E-state index in [1.807, 2.05) is 45.9 Å². The molecule has 1 aromatic carbocycles. The summed E-state index contributed by atoms with van der Waals surface area (Å²) in [5.41, 5.74) is 10.3. The summed E-state index contributed by atoms with van der Waals surface area (Å²) in [7, 11) is 0. The van der Waals surface area contributed by atoms with Gasteiger partial charge in [-0.2, -0.15) is 0 Å². The van der Waals surface area contributed by atoms with Crippen LogP contribution in [-0.4, -0.2) is 11.6 Å². The molecule has 100 valence electrons. The van der Waals surface area contributed by atoms with E-state index in [0.717, 1.165) is 28.0 Å². The van der Waals surface area contributed by atoms with Gasteiger partial charge in [-0.05, 0) is 51.8 Å². The zero-order valence-electron chi connectivity index (χ0n) is 12.2. The SMILES string of the molecule is CC(=O)C1=C(C)c2ccc(C)cc2N=C(N)C1(C)C. The van der Waals surface area contributed by atoms with E-state index in [2.05, 4.69) is 4.99 Å². The van der Waals surface area contributed by atoms with Crippen molar-refractivity contribution in [3.05, 3.63) is 34.9 Å². The Labute approximate surface area is 114 Å². The lowest BCUT2D eigenvalue weighted by atomic mass is 9.78. The highest BCUT2D eigenvalue weighted by atomic mass is 16.1. The molecule has 0 unspecified atom stereocenters. The van der Waals surface area contributed by atoms with E-state index in [-0.39, 0.29) is 5.78 Å². The summed E-state index contributed by atoms with van der Waals surface area (Å²) in [5, 5.41) is 0. The molecule has 0 bridgehead atoms. The fourth-order valence-electron chi connectivity index (χ4n) is 2.76. The Morgan fingerprint density at radius 1 is 1.26 bits per heavy atom. The number of hydrogen-bond donors (Lipinski definition) is 1. The minimum atomic E-state index is -0.539. The predicted molar refractivity (Wildman–Crippen MR) is 79.5 cm³/mol. The summed E-state index contributed by atoms with van der Waals surface area (Å²) in [6.45, 7) is 9.48. The second kappa shape index (κ2) is 4.34. The van der Waals surface area contributed by atoms with E-state index in [4.69, 9.17) is 5.73 Å². The van der Waals surface area contributed by atoms with Crippen molar-refractivity contribution >= 4 is 22.9 Å². The summed E-state index contributed by atoms with van der Waals surface area (Å²) >= 11 is 0. The van der Waals surface area contributed by atoms with Gasteiger partial charge in [0.15, 0.2) is 5.78 Å². The summed E-state index contributed by atoms with van der Waals surface area (Å²) in [6.07, 6.45) is 0. The monoisotopic (exact) mass is 256 g/mol. The first kappa shape index (κ1) is 13.5. The highest BCUT2D eigenvalue weighted by Gasteiger charge is 2.35. The van der Waals surface area contributed by atoms with Crippen molar-refractivity contribution in [2.45, 2.75) is 34.6 Å². The minimum absolute atomic E-state index is 0.0501. The van der Waals surface area contributed by atoms with Crippen LogP contribution in [0.15, 0.2) is 28.8 Å². The molecule has 0 aliphatic carbocycles. The van der Waals surface area contributed by atoms with Crippen LogP contribution in [-0.2, 0) is 4.79 Å². The molecule has 0 saturated carbocycles. The number of fused-ring (bicyclic) bond motifs is 1. The second-order valence-electron chi connectivity index (χ2n) is 5.70. The van der Waals surface area contributed by atoms with Gasteiger partial charge in [0, 0.05) is 11.1 Å². The van der Waals surface area contributed by atoms with Crippen molar-refractivity contribution < 1.29 is 4.79 Å². The molecule has 0 radical (unpaired) electrons. The third kappa shape index (κ3) is 2.09. The number of hydrogen-bond acceptors (Lipinski definition) is 3. The Hall–Kier alpha value is -1.90. The van der Waals surface area contributed by atoms with Gasteiger partial charge < -0.3 is 5.73 Å². The summed E-state index contributed by atoms with van der Waals surface area (Å²) in [6, 6.07) is 6.05. The molecular weight excluding hydrogens is 236 g/mol. The fourth-order valence-corrected chi connectivity index (χ4v) is 2.76. The van der Waals surface area contributed by atoms with Gasteiger partial charge in [0.2, 0.25) is 0 Å². The number of amidine groups is 1. The van der Waals surface area contributed by atoms with E-state index >= 15 is 0 Å². The van der Waals surface area contributed by atoms with Crippen LogP contribution in [0, 0.1) is 12.3 Å². The van der Waals surface area contributed by atoms with Crippen LogP contribution in [0.25, 0.3) is 5.57 Å². The van der Waals surface area contributed by atoms with Crippen molar-refractivity contribution in [2.24, 2.45) is 16.1 Å². The highest BCUT2D eigenvalue weighted by molar-refractivity contribution is 6.11. The Morgan fingerprint density at radius 3 is 2.47 bits per heavy atom. The number of nitrogens with zero attached hydrogens (tertiary/aromatic N) is 1. The largest absolute Gasteiger partial charge is 0.386 e. The molecule has 1 aromatic rings. The lowest BCUT2D eigenvalue weighted by molar-refractivity contribution is -0.114. The van der Waals surface area contributed by atoms with Crippen molar-refractivity contribution in [1.29, 1.82) is 0 Å². The van der Waals surface area contributed by atoms with Gasteiger partial charge in [-0.1, -0.05) is 12.1 Å². The molecule has 0 saturated heterocycles. The van der Waals surface area contributed by atoms with E-state index < -0.39 is 5.41 Å². The van der Waals surface area contributed by atoms with Crippen LogP contribution in [0.5, 0.6) is 0 Å². The average Bonchev–Trinajstić information content (AvgIpc) is 2.33. The van der Waals surface area contributed by atoms with Gasteiger partial charge in [-0.25, -0.2) is 4.99 Å². The average molecular weight is 256 g/mol. The number of aliphatic imine (C=N–C) groups is 1. The Kier molecular flexibility index (Phi) is 3.09. The van der Waals surface area contributed by atoms with Crippen molar-refractivity contribution in [1.82, 2.24) is 0 Å². The van der Waals surface area contributed by atoms with Crippen LogP contribution < -0.4 is 5.73 Å². The zero-order valence-corrected chi connectivity index (χ0v) is 12.2. The van der Waals surface area contributed by atoms with Crippen LogP contribution in [0.2, 0.25) is 0 Å². The number of Topliss-reactive ketones (excluding diaryl/α,β-unsaturated/α-hetero) is 1. The second-order valence-corrected chi connectivity index (χ2v) is 5.70. The third-order valence-electron chi connectivity index (χ3n) is 3.79. The topological polar surface area (TPSA) is 55.5 Å². The van der Waals surface area contributed by atoms with Crippen LogP contribution in [0.4, 0.5) is 5.69 Å². The molecule has 3 nitrogen and oxygen atoms in total. The standard InChI is InChI=1S/C16H20N2O/c1-9-6-7-12-10(2)14(11(3)19)16(4,5)15(17)18-13(12)8-9/h6-8H,1-5H3,(H2,17,18). The van der Waals surface area contributed by atoms with Crippen LogP contribution >= 0.6 is 0 Å². The number of carbonyl (C=O) groups excluding carboxylic acids is 1. The zero-order chi connectivity index (χ0) is 14.4. The molecule has 0 amide bonds. The van der Waals surface area contributed by atoms with Crippen molar-refractivity contribution in [2.75, 3.05) is 0 Å². The van der Waals surface area contributed by atoms with Crippen LogP contribution in [0.1, 0.15) is 38.8 Å². The molecular formula is C16H20N2O. The number of aryl methyl sites for hydroxylation is 1. The van der Waals surface area contributed by atoms with Crippen LogP contribution in [0.3, 0.4) is 0 Å². The fraction of sp³-hybridized carbons (Fsp3) is 0.375. The minimum Gasteiger partial charge on any atom is -0.386 e. The molecule has 2 rings (SSSR count). The first-order valence-corrected chi connectivity index (χ1v) is 6.43. The molecule has 1 heterocycles. The van der Waals surface area contributed by atoms with Crippen molar-refractivity contribution in [3.63, 3.8) is 0 Å². The number of ketones is 1. The maximum atomic E-state index is 12.0. The maximum Gasteiger partial charge on any atom is 0.157 e. The van der Waals surface area contributed by atoms with E-state index in [0.29, 0.717) is 5.84 Å². The summed E-state index contributed by atoms with van der Waals surface area (Å²) in [5.74, 6) is 0.537. The van der Waals surface area contributed by atoms with Gasteiger partial charge in [0.05, 0.1) is 11.1 Å². The van der Waals surface area contributed by atoms with Crippen molar-refractivity contribution in [3.8, 4) is 0 Å². The lowest BCUT2D eigenvalue weighted by Gasteiger charge is -2.26. The third-order valence-corrected chi connectivity index (χ3v) is 3.79. The number of rotatable bonds is 1. The predicted octanol–water partition coefficient (Wildman–Crippen LogP) is 3.39. The highest BCUT2D eigenvalue weighted by Crippen LogP contribution is 2.40.